The minimum atomic E-state index is -5.02. The third-order valence-electron chi connectivity index (χ3n) is 6.98. The molecular weight excluding hydrogens is 549 g/mol. The summed E-state index contributed by atoms with van der Waals surface area (Å²) in [6.45, 7) is 6.39. The van der Waals surface area contributed by atoms with Crippen molar-refractivity contribution in [1.82, 2.24) is 0 Å². The highest BCUT2D eigenvalue weighted by Crippen LogP contribution is 2.55. The molecule has 0 aliphatic carbocycles. The number of hydrogen-bond donors (Lipinski definition) is 0. The van der Waals surface area contributed by atoms with E-state index in [1.807, 2.05) is 18.2 Å². The molecule has 0 spiro atoms. The Morgan fingerprint density at radius 1 is 0.837 bits per heavy atom. The van der Waals surface area contributed by atoms with Gasteiger partial charge < -0.3 is 9.64 Å². The number of nitrogens with zero attached hydrogens (tertiary/aromatic N) is 4. The van der Waals surface area contributed by atoms with Crippen molar-refractivity contribution in [3.05, 3.63) is 119 Å². The maximum Gasteiger partial charge on any atom is 0.437 e. The molecule has 220 valence electrons. The number of halogens is 3. The average molecular weight is 583 g/mol. The van der Waals surface area contributed by atoms with E-state index >= 15 is 0 Å². The predicted molar refractivity (Wildman–Crippen MR) is 162 cm³/mol. The number of allylic oxidation sites excluding steroid dienone is 6. The van der Waals surface area contributed by atoms with E-state index in [0.29, 0.717) is 0 Å². The van der Waals surface area contributed by atoms with Crippen molar-refractivity contribution in [2.24, 2.45) is 0 Å². The minimum absolute atomic E-state index is 0.282. The monoisotopic (exact) mass is 582 g/mol. The van der Waals surface area contributed by atoms with Crippen LogP contribution >= 0.6 is 0 Å². The first-order chi connectivity index (χ1) is 20.8. The molecular formula is C35H33F3N4O. The number of ether oxygens (including phenoxy) is 1. The first-order valence-electron chi connectivity index (χ1n) is 14.1. The number of anilines is 1. The summed E-state index contributed by atoms with van der Waals surface area (Å²) in [6, 6.07) is 19.9. The van der Waals surface area contributed by atoms with Crippen molar-refractivity contribution in [2.75, 3.05) is 18.0 Å². The van der Waals surface area contributed by atoms with E-state index in [2.05, 4.69) is 30.9 Å². The van der Waals surface area contributed by atoms with Crippen LogP contribution < -0.4 is 4.90 Å². The Morgan fingerprint density at radius 2 is 1.42 bits per heavy atom. The molecule has 43 heavy (non-hydrogen) atoms. The summed E-state index contributed by atoms with van der Waals surface area (Å²) >= 11 is 0. The molecule has 0 bridgehead atoms. The van der Waals surface area contributed by atoms with Gasteiger partial charge in [0.1, 0.15) is 23.8 Å². The van der Waals surface area contributed by atoms with E-state index in [4.69, 9.17) is 4.74 Å². The van der Waals surface area contributed by atoms with Gasteiger partial charge in [-0.1, -0.05) is 106 Å². The number of hydrogen-bond acceptors (Lipinski definition) is 5. The zero-order valence-corrected chi connectivity index (χ0v) is 24.2. The normalized spacial score (nSPS) is 16.8. The number of rotatable bonds is 12. The molecule has 2 aromatic rings. The van der Waals surface area contributed by atoms with Crippen LogP contribution in [-0.4, -0.2) is 19.3 Å². The van der Waals surface area contributed by atoms with Crippen molar-refractivity contribution in [3.8, 4) is 18.2 Å². The highest BCUT2D eigenvalue weighted by atomic mass is 19.4. The van der Waals surface area contributed by atoms with Gasteiger partial charge >= 0.3 is 6.18 Å². The fourth-order valence-corrected chi connectivity index (χ4v) is 4.74. The van der Waals surface area contributed by atoms with Crippen molar-refractivity contribution in [1.29, 1.82) is 15.8 Å². The van der Waals surface area contributed by atoms with Gasteiger partial charge in [-0.25, -0.2) is 0 Å². The molecule has 0 saturated carbocycles. The van der Waals surface area contributed by atoms with Gasteiger partial charge in [0.15, 0.2) is 11.3 Å². The van der Waals surface area contributed by atoms with Crippen molar-refractivity contribution >= 4 is 11.8 Å². The van der Waals surface area contributed by atoms with Crippen molar-refractivity contribution < 1.29 is 17.9 Å². The fourth-order valence-electron chi connectivity index (χ4n) is 4.74. The van der Waals surface area contributed by atoms with Crippen LogP contribution in [0.4, 0.5) is 18.9 Å². The highest BCUT2D eigenvalue weighted by molar-refractivity contribution is 5.63. The number of alkyl halides is 3. The third kappa shape index (κ3) is 7.45. The Balaban J connectivity index is 1.90. The zero-order valence-electron chi connectivity index (χ0n) is 24.2. The van der Waals surface area contributed by atoms with Crippen LogP contribution in [0.25, 0.3) is 6.08 Å². The number of nitriles is 3. The summed E-state index contributed by atoms with van der Waals surface area (Å²) in [6.07, 6.45) is 8.85. The maximum atomic E-state index is 14.8. The lowest BCUT2D eigenvalue weighted by Crippen LogP contribution is -2.43. The van der Waals surface area contributed by atoms with E-state index in [-0.39, 0.29) is 5.56 Å². The standard InChI is InChI=1S/C35H33F3N4O/c1-3-5-22-42(23-6-4-2)30-20-18-27(19-21-30)14-10-7-8-13-17-32-31(26-41)33(28(24-39)25-40)43-34(32,35(36,37)38)29-15-11-9-12-16-29/h7-21H,3-6,22-23H2,1-2H3/b8-7+,14-10+,17-13+. The molecule has 0 N–H and O–H groups in total. The van der Waals surface area contributed by atoms with Gasteiger partial charge in [-0.05, 0) is 30.5 Å². The second kappa shape index (κ2) is 15.3. The Labute approximate surface area is 251 Å². The summed E-state index contributed by atoms with van der Waals surface area (Å²) in [4.78, 5) is 2.40. The van der Waals surface area contributed by atoms with Gasteiger partial charge in [0.2, 0.25) is 0 Å². The summed E-state index contributed by atoms with van der Waals surface area (Å²) in [5.41, 5.74) is -2.95. The number of benzene rings is 2. The van der Waals surface area contributed by atoms with E-state index in [1.54, 1.807) is 24.3 Å². The first-order valence-corrected chi connectivity index (χ1v) is 14.1. The van der Waals surface area contributed by atoms with Crippen LogP contribution in [-0.2, 0) is 10.3 Å². The van der Waals surface area contributed by atoms with Crippen LogP contribution in [0.15, 0.2) is 107 Å². The summed E-state index contributed by atoms with van der Waals surface area (Å²) < 4.78 is 49.8. The summed E-state index contributed by atoms with van der Waals surface area (Å²) in [5, 5.41) is 28.5. The summed E-state index contributed by atoms with van der Waals surface area (Å²) in [7, 11) is 0. The quantitative estimate of drug-likeness (QED) is 0.184. The molecule has 3 rings (SSSR count). The minimum Gasteiger partial charge on any atom is -0.465 e. The van der Waals surface area contributed by atoms with E-state index in [0.717, 1.165) is 50.4 Å². The van der Waals surface area contributed by atoms with Crippen LogP contribution in [0.2, 0.25) is 0 Å². The predicted octanol–water partition coefficient (Wildman–Crippen LogP) is 8.83. The van der Waals surface area contributed by atoms with Gasteiger partial charge in [0.25, 0.3) is 5.60 Å². The van der Waals surface area contributed by atoms with Crippen LogP contribution in [0.3, 0.4) is 0 Å². The van der Waals surface area contributed by atoms with Gasteiger partial charge in [0.05, 0.1) is 0 Å². The smallest absolute Gasteiger partial charge is 0.437 e. The lowest BCUT2D eigenvalue weighted by Gasteiger charge is -2.33. The van der Waals surface area contributed by atoms with Gasteiger partial charge in [-0.15, -0.1) is 0 Å². The fraction of sp³-hybridized carbons (Fsp3) is 0.286. The third-order valence-corrected chi connectivity index (χ3v) is 6.98. The molecule has 0 aromatic heterocycles. The molecule has 1 unspecified atom stereocenters. The molecule has 0 radical (unpaired) electrons. The second-order valence-corrected chi connectivity index (χ2v) is 9.86. The molecule has 1 heterocycles. The Kier molecular flexibility index (Phi) is 11.6. The van der Waals surface area contributed by atoms with E-state index in [1.165, 1.54) is 54.2 Å². The largest absolute Gasteiger partial charge is 0.465 e. The lowest BCUT2D eigenvalue weighted by atomic mass is 9.84. The summed E-state index contributed by atoms with van der Waals surface area (Å²) in [5.74, 6) is -0.691. The molecule has 0 saturated heterocycles. The molecule has 8 heteroatoms. The SMILES string of the molecule is CCCCN(CCCC)c1ccc(/C=C/C=C/C=C/C2=C(C#N)C(=C(C#N)C#N)OC2(c2ccccc2)C(F)(F)F)cc1. The average Bonchev–Trinajstić information content (AvgIpc) is 3.35. The van der Waals surface area contributed by atoms with Gasteiger partial charge in [-0.3, -0.25) is 0 Å². The van der Waals surface area contributed by atoms with Crippen LogP contribution in [0.5, 0.6) is 0 Å². The number of unbranched alkanes of at least 4 members (excludes halogenated alkanes) is 2. The molecule has 1 aliphatic rings. The lowest BCUT2D eigenvalue weighted by molar-refractivity contribution is -0.249. The Bertz CT molecular complexity index is 1510. The van der Waals surface area contributed by atoms with Crippen molar-refractivity contribution in [2.45, 2.75) is 51.3 Å². The maximum absolute atomic E-state index is 14.8. The van der Waals surface area contributed by atoms with Gasteiger partial charge in [0, 0.05) is 29.9 Å². The first kappa shape index (κ1) is 32.5. The molecule has 0 fully saturated rings. The Morgan fingerprint density at radius 3 is 1.93 bits per heavy atom. The van der Waals surface area contributed by atoms with E-state index < -0.39 is 34.3 Å². The zero-order chi connectivity index (χ0) is 31.3. The van der Waals surface area contributed by atoms with Crippen LogP contribution in [0.1, 0.15) is 50.7 Å². The van der Waals surface area contributed by atoms with E-state index in [9.17, 15) is 29.0 Å². The van der Waals surface area contributed by atoms with Crippen molar-refractivity contribution in [3.63, 3.8) is 0 Å². The molecule has 2 aromatic carbocycles. The van der Waals surface area contributed by atoms with Gasteiger partial charge in [-0.2, -0.15) is 29.0 Å². The highest BCUT2D eigenvalue weighted by Gasteiger charge is 2.65. The molecule has 1 aliphatic heterocycles. The molecule has 0 amide bonds. The Hall–Kier alpha value is -5.00. The molecule has 1 atom stereocenters. The topological polar surface area (TPSA) is 83.8 Å². The van der Waals surface area contributed by atoms with Crippen LogP contribution in [0, 0.1) is 34.0 Å². The molecule has 5 nitrogen and oxygen atoms in total. The second-order valence-electron chi connectivity index (χ2n) is 9.86.